The van der Waals surface area contributed by atoms with Crippen LogP contribution in [0.5, 0.6) is 0 Å². The Morgan fingerprint density at radius 1 is 0.722 bits per heavy atom. The lowest BCUT2D eigenvalue weighted by molar-refractivity contribution is 0.659. The van der Waals surface area contributed by atoms with Gasteiger partial charge in [0.25, 0.3) is 0 Å². The average Bonchev–Trinajstić information content (AvgIpc) is 3.36. The van der Waals surface area contributed by atoms with E-state index in [0.29, 0.717) is 0 Å². The van der Waals surface area contributed by atoms with E-state index >= 15 is 0 Å². The van der Waals surface area contributed by atoms with E-state index in [1.807, 2.05) is 0 Å². The van der Waals surface area contributed by atoms with Crippen molar-refractivity contribution in [3.05, 3.63) is 136 Å². The van der Waals surface area contributed by atoms with Gasteiger partial charge in [-0.15, -0.1) is 0 Å². The van der Waals surface area contributed by atoms with Crippen molar-refractivity contribution in [3.8, 4) is 22.3 Å². The molecule has 0 saturated carbocycles. The number of rotatable bonds is 3. The molecule has 176 valence electrons. The highest BCUT2D eigenvalue weighted by molar-refractivity contribution is 5.86. The van der Waals surface area contributed by atoms with Gasteiger partial charge in [-0.2, -0.15) is 0 Å². The molecule has 7 rings (SSSR count). The fourth-order valence-electron chi connectivity index (χ4n) is 6.79. The molecule has 4 aromatic carbocycles. The molecular weight excluding hydrogens is 432 g/mol. The number of benzene rings is 4. The van der Waals surface area contributed by atoms with Gasteiger partial charge in [-0.05, 0) is 99.9 Å². The maximum absolute atomic E-state index is 2.45. The molecule has 0 N–H and O–H groups in total. The minimum Gasteiger partial charge on any atom is -0.0836 e. The van der Waals surface area contributed by atoms with Crippen LogP contribution in [0.15, 0.2) is 96.6 Å². The quantitative estimate of drug-likeness (QED) is 0.283. The van der Waals surface area contributed by atoms with Gasteiger partial charge in [-0.25, -0.2) is 0 Å². The molecule has 0 aromatic heterocycles. The van der Waals surface area contributed by atoms with Crippen molar-refractivity contribution in [3.63, 3.8) is 0 Å². The first kappa shape index (κ1) is 21.6. The van der Waals surface area contributed by atoms with Crippen LogP contribution in [0.4, 0.5) is 0 Å². The second-order valence-electron chi connectivity index (χ2n) is 11.4. The summed E-state index contributed by atoms with van der Waals surface area (Å²) in [5.74, 6) is 0. The summed E-state index contributed by atoms with van der Waals surface area (Å²) >= 11 is 0. The molecule has 0 heterocycles. The number of aryl methyl sites for hydroxylation is 1. The molecule has 0 bridgehead atoms. The van der Waals surface area contributed by atoms with Crippen molar-refractivity contribution < 1.29 is 0 Å². The Kier molecular flexibility index (Phi) is 4.77. The van der Waals surface area contributed by atoms with Gasteiger partial charge in [-0.1, -0.05) is 110 Å². The topological polar surface area (TPSA) is 0 Å². The van der Waals surface area contributed by atoms with Gasteiger partial charge in [0.15, 0.2) is 0 Å². The van der Waals surface area contributed by atoms with Crippen molar-refractivity contribution >= 4 is 5.57 Å². The zero-order valence-electron chi connectivity index (χ0n) is 21.5. The SMILES string of the molecule is Cc1cc(Cc2ccc3c(c2)C(C)(C)c2ccccc2-3)cc(-c2ccc3c(c2)C2=C(CCC=C2)C3)c1. The molecule has 3 aliphatic rings. The van der Waals surface area contributed by atoms with Gasteiger partial charge in [0, 0.05) is 5.41 Å². The smallest absolute Gasteiger partial charge is 0.0158 e. The van der Waals surface area contributed by atoms with Crippen LogP contribution in [0.25, 0.3) is 27.8 Å². The van der Waals surface area contributed by atoms with E-state index in [-0.39, 0.29) is 5.41 Å². The zero-order chi connectivity index (χ0) is 24.4. The minimum absolute atomic E-state index is 0.0468. The summed E-state index contributed by atoms with van der Waals surface area (Å²) in [7, 11) is 0. The minimum atomic E-state index is 0.0468. The highest BCUT2D eigenvalue weighted by Crippen LogP contribution is 2.48. The fourth-order valence-corrected chi connectivity index (χ4v) is 6.79. The van der Waals surface area contributed by atoms with E-state index in [0.717, 1.165) is 12.8 Å². The standard InChI is InChI=1S/C36H32/c1-23-16-25(18-24-12-15-32-31-10-6-7-11-34(31)36(2,3)35(32)20-24)19-29(17-23)26-13-14-28-21-27-8-4-5-9-30(27)33(28)22-26/h5-7,9-17,19-20,22H,4,8,18,21H2,1-3H3. The summed E-state index contributed by atoms with van der Waals surface area (Å²) in [4.78, 5) is 0. The molecule has 3 aliphatic carbocycles. The van der Waals surface area contributed by atoms with Gasteiger partial charge in [0.05, 0.1) is 0 Å². The molecular formula is C36H32. The molecule has 0 amide bonds. The van der Waals surface area contributed by atoms with Crippen LogP contribution in [0.1, 0.15) is 65.6 Å². The summed E-state index contributed by atoms with van der Waals surface area (Å²) in [5.41, 5.74) is 18.5. The lowest BCUT2D eigenvalue weighted by Crippen LogP contribution is -2.15. The van der Waals surface area contributed by atoms with E-state index in [4.69, 9.17) is 0 Å². The molecule has 0 saturated heterocycles. The fraction of sp³-hybridized carbons (Fsp3) is 0.222. The van der Waals surface area contributed by atoms with E-state index in [2.05, 4.69) is 112 Å². The Labute approximate surface area is 215 Å². The lowest BCUT2D eigenvalue weighted by Gasteiger charge is -2.22. The van der Waals surface area contributed by atoms with E-state index in [9.17, 15) is 0 Å². The first-order valence-corrected chi connectivity index (χ1v) is 13.3. The summed E-state index contributed by atoms with van der Waals surface area (Å²) in [6.45, 7) is 6.96. The Balaban J connectivity index is 1.23. The molecule has 0 fully saturated rings. The summed E-state index contributed by atoms with van der Waals surface area (Å²) in [6.07, 6.45) is 9.18. The molecule has 0 spiro atoms. The summed E-state index contributed by atoms with van der Waals surface area (Å²) in [5, 5.41) is 0. The Bertz CT molecular complexity index is 1610. The highest BCUT2D eigenvalue weighted by atomic mass is 14.4. The third-order valence-corrected chi connectivity index (χ3v) is 8.61. The van der Waals surface area contributed by atoms with Crippen molar-refractivity contribution in [2.75, 3.05) is 0 Å². The Morgan fingerprint density at radius 2 is 1.58 bits per heavy atom. The average molecular weight is 465 g/mol. The third kappa shape index (κ3) is 3.35. The van der Waals surface area contributed by atoms with Crippen molar-refractivity contribution in [1.82, 2.24) is 0 Å². The number of fused-ring (bicyclic) bond motifs is 5. The largest absolute Gasteiger partial charge is 0.0836 e. The van der Waals surface area contributed by atoms with E-state index in [1.165, 1.54) is 79.6 Å². The number of hydrogen-bond donors (Lipinski definition) is 0. The summed E-state index contributed by atoms with van der Waals surface area (Å²) in [6, 6.07) is 30.2. The first-order chi connectivity index (χ1) is 17.5. The van der Waals surface area contributed by atoms with E-state index < -0.39 is 0 Å². The molecule has 0 atom stereocenters. The van der Waals surface area contributed by atoms with Gasteiger partial charge in [0.1, 0.15) is 0 Å². The normalized spacial score (nSPS) is 16.5. The number of hydrogen-bond acceptors (Lipinski definition) is 0. The maximum atomic E-state index is 2.45. The van der Waals surface area contributed by atoms with Crippen LogP contribution in [-0.4, -0.2) is 0 Å². The Hall–Kier alpha value is -3.64. The first-order valence-electron chi connectivity index (χ1n) is 13.3. The molecule has 36 heavy (non-hydrogen) atoms. The van der Waals surface area contributed by atoms with Crippen LogP contribution in [0.2, 0.25) is 0 Å². The van der Waals surface area contributed by atoms with Crippen LogP contribution in [-0.2, 0) is 18.3 Å². The maximum Gasteiger partial charge on any atom is 0.0158 e. The lowest BCUT2D eigenvalue weighted by atomic mass is 9.81. The molecule has 0 aliphatic heterocycles. The Morgan fingerprint density at radius 3 is 2.50 bits per heavy atom. The molecule has 0 nitrogen and oxygen atoms in total. The third-order valence-electron chi connectivity index (χ3n) is 8.61. The van der Waals surface area contributed by atoms with Crippen LogP contribution in [0.3, 0.4) is 0 Å². The van der Waals surface area contributed by atoms with Crippen molar-refractivity contribution in [1.29, 1.82) is 0 Å². The number of allylic oxidation sites excluding steroid dienone is 4. The van der Waals surface area contributed by atoms with Gasteiger partial charge < -0.3 is 0 Å². The van der Waals surface area contributed by atoms with E-state index in [1.54, 1.807) is 5.57 Å². The monoisotopic (exact) mass is 464 g/mol. The van der Waals surface area contributed by atoms with Gasteiger partial charge in [-0.3, -0.25) is 0 Å². The zero-order valence-corrected chi connectivity index (χ0v) is 21.5. The van der Waals surface area contributed by atoms with Gasteiger partial charge >= 0.3 is 0 Å². The highest BCUT2D eigenvalue weighted by Gasteiger charge is 2.35. The van der Waals surface area contributed by atoms with Gasteiger partial charge in [0.2, 0.25) is 0 Å². The molecule has 0 radical (unpaired) electrons. The van der Waals surface area contributed by atoms with Crippen LogP contribution in [0, 0.1) is 6.92 Å². The molecule has 0 heteroatoms. The molecule has 0 unspecified atom stereocenters. The van der Waals surface area contributed by atoms with Crippen molar-refractivity contribution in [2.45, 2.75) is 51.9 Å². The second-order valence-corrected chi connectivity index (χ2v) is 11.4. The van der Waals surface area contributed by atoms with Crippen LogP contribution >= 0.6 is 0 Å². The van der Waals surface area contributed by atoms with Crippen LogP contribution < -0.4 is 0 Å². The summed E-state index contributed by atoms with van der Waals surface area (Å²) < 4.78 is 0. The predicted molar refractivity (Wildman–Crippen MR) is 152 cm³/mol. The second kappa shape index (κ2) is 7.93. The predicted octanol–water partition coefficient (Wildman–Crippen LogP) is 9.22. The molecule has 4 aromatic rings. The van der Waals surface area contributed by atoms with Crippen molar-refractivity contribution in [2.24, 2.45) is 0 Å².